The molecule has 34 heavy (non-hydrogen) atoms. The lowest BCUT2D eigenvalue weighted by molar-refractivity contribution is 0.221. The molecule has 0 atom stereocenters. The van der Waals surface area contributed by atoms with Gasteiger partial charge in [-0.25, -0.2) is 27.9 Å². The molecule has 3 heterocycles. The quantitative estimate of drug-likeness (QED) is 0.577. The van der Waals surface area contributed by atoms with Gasteiger partial charge in [-0.05, 0) is 44.0 Å². The number of methoxy groups -OCH3 is 1. The van der Waals surface area contributed by atoms with Crippen LogP contribution in [0.5, 0.6) is 0 Å². The van der Waals surface area contributed by atoms with Gasteiger partial charge in [0.05, 0.1) is 17.7 Å². The molecule has 3 aromatic rings. The fourth-order valence-electron chi connectivity index (χ4n) is 4.93. The summed E-state index contributed by atoms with van der Waals surface area (Å²) in [5.41, 5.74) is 0.293. The van der Waals surface area contributed by atoms with Crippen LogP contribution in [0.25, 0.3) is 11.0 Å². The number of fused-ring (bicyclic) bond motifs is 4. The van der Waals surface area contributed by atoms with Crippen LogP contribution >= 0.6 is 0 Å². The molecule has 12 heteroatoms. The second-order valence-electron chi connectivity index (χ2n) is 8.54. The van der Waals surface area contributed by atoms with Crippen molar-refractivity contribution in [2.45, 2.75) is 49.5 Å². The van der Waals surface area contributed by atoms with Gasteiger partial charge in [0.2, 0.25) is 21.9 Å². The molecule has 180 valence electrons. The molecule has 0 bridgehead atoms. The Morgan fingerprint density at radius 2 is 2.00 bits per heavy atom. The fourth-order valence-corrected chi connectivity index (χ4v) is 5.45. The maximum absolute atomic E-state index is 14.6. The summed E-state index contributed by atoms with van der Waals surface area (Å²) in [5.74, 6) is 0.986. The molecule has 1 aromatic carbocycles. The van der Waals surface area contributed by atoms with Crippen molar-refractivity contribution in [2.24, 2.45) is 10.2 Å². The maximum atomic E-state index is 14.6. The molecular formula is C22H26FN7O3S. The number of ether oxygens (including phenoxy) is 1. The minimum Gasteiger partial charge on any atom is -0.481 e. The van der Waals surface area contributed by atoms with Crippen LogP contribution in [0.4, 0.5) is 21.8 Å². The van der Waals surface area contributed by atoms with Crippen LogP contribution in [-0.2, 0) is 20.3 Å². The number of nitrogens with zero attached hydrogens (tertiary/aromatic N) is 5. The number of primary sulfonamides is 1. The van der Waals surface area contributed by atoms with E-state index in [-0.39, 0.29) is 16.5 Å². The number of anilines is 3. The van der Waals surface area contributed by atoms with Crippen LogP contribution in [0.2, 0.25) is 0 Å². The van der Waals surface area contributed by atoms with E-state index >= 15 is 0 Å². The summed E-state index contributed by atoms with van der Waals surface area (Å²) in [6.07, 6.45) is 6.69. The van der Waals surface area contributed by atoms with Gasteiger partial charge in [0.15, 0.2) is 0 Å². The van der Waals surface area contributed by atoms with Crippen molar-refractivity contribution in [1.82, 2.24) is 14.5 Å². The van der Waals surface area contributed by atoms with Crippen LogP contribution in [0.15, 0.2) is 40.5 Å². The zero-order valence-electron chi connectivity index (χ0n) is 19.0. The molecule has 3 N–H and O–H groups in total. The first-order valence-corrected chi connectivity index (χ1v) is 12.7. The van der Waals surface area contributed by atoms with E-state index in [2.05, 4.69) is 14.9 Å². The first-order valence-electron chi connectivity index (χ1n) is 11.2. The number of hydrogen-bond donors (Lipinski definition) is 2. The Hall–Kier alpha value is -3.25. The lowest BCUT2D eigenvalue weighted by atomic mass is 9.80. The molecule has 10 nitrogen and oxygen atoms in total. The summed E-state index contributed by atoms with van der Waals surface area (Å²) >= 11 is 0. The van der Waals surface area contributed by atoms with E-state index < -0.39 is 21.4 Å². The van der Waals surface area contributed by atoms with Gasteiger partial charge in [0.25, 0.3) is 0 Å². The Morgan fingerprint density at radius 3 is 2.65 bits per heavy atom. The number of nitrogens with two attached hydrogens (primary N) is 1. The number of halogens is 1. The molecule has 1 aliphatic heterocycles. The molecule has 5 rings (SSSR count). The van der Waals surface area contributed by atoms with Gasteiger partial charge in [0, 0.05) is 18.1 Å². The monoisotopic (exact) mass is 487 g/mol. The summed E-state index contributed by atoms with van der Waals surface area (Å²) in [6, 6.07) is 5.41. The minimum atomic E-state index is -4.01. The summed E-state index contributed by atoms with van der Waals surface area (Å²) < 4.78 is 45.6. The van der Waals surface area contributed by atoms with Crippen LogP contribution in [-0.4, -0.2) is 42.5 Å². The van der Waals surface area contributed by atoms with Crippen LogP contribution < -0.4 is 15.5 Å². The average Bonchev–Trinajstić information content (AvgIpc) is 3.20. The Morgan fingerprint density at radius 1 is 1.24 bits per heavy atom. The highest BCUT2D eigenvalue weighted by Crippen LogP contribution is 2.45. The Balaban J connectivity index is 1.61. The minimum absolute atomic E-state index is 0.0406. The van der Waals surface area contributed by atoms with E-state index in [4.69, 9.17) is 20.0 Å². The summed E-state index contributed by atoms with van der Waals surface area (Å²) in [4.78, 5) is 8.78. The maximum Gasteiger partial charge on any atom is 0.238 e. The van der Waals surface area contributed by atoms with E-state index in [1.54, 1.807) is 13.3 Å². The van der Waals surface area contributed by atoms with Crippen molar-refractivity contribution in [3.05, 3.63) is 36.3 Å². The van der Waals surface area contributed by atoms with Crippen molar-refractivity contribution in [3.63, 3.8) is 0 Å². The molecule has 1 fully saturated rings. The van der Waals surface area contributed by atoms with Gasteiger partial charge < -0.3 is 10.1 Å². The van der Waals surface area contributed by atoms with Crippen molar-refractivity contribution in [3.8, 4) is 0 Å². The number of sulfonamides is 1. The zero-order chi connectivity index (χ0) is 24.1. The van der Waals surface area contributed by atoms with Gasteiger partial charge in [0.1, 0.15) is 22.8 Å². The van der Waals surface area contributed by atoms with E-state index in [9.17, 15) is 12.8 Å². The van der Waals surface area contributed by atoms with Crippen molar-refractivity contribution in [2.75, 3.05) is 24.0 Å². The first kappa shape index (κ1) is 22.5. The molecule has 1 aliphatic carbocycles. The van der Waals surface area contributed by atoms with Gasteiger partial charge in [-0.15, -0.1) is 5.10 Å². The van der Waals surface area contributed by atoms with E-state index in [1.165, 1.54) is 12.1 Å². The highest BCUT2D eigenvalue weighted by atomic mass is 32.2. The van der Waals surface area contributed by atoms with Crippen molar-refractivity contribution >= 4 is 44.4 Å². The van der Waals surface area contributed by atoms with Crippen LogP contribution in [0.3, 0.4) is 0 Å². The molecule has 2 aromatic heterocycles. The molecule has 2 aliphatic rings. The molecule has 0 radical (unpaired) electrons. The third kappa shape index (κ3) is 3.57. The number of nitrogens with one attached hydrogen (secondary N) is 1. The average molecular weight is 488 g/mol. The van der Waals surface area contributed by atoms with Gasteiger partial charge in [-0.1, -0.05) is 19.3 Å². The topological polar surface area (TPSA) is 128 Å². The van der Waals surface area contributed by atoms with Gasteiger partial charge >= 0.3 is 0 Å². The SMILES string of the molecule is CCN1N=C(OC)C2(CCCCC2)n2c1cc1cnc(Nc3ccc(S(N)(=O)=O)cc3F)nc12. The van der Waals surface area contributed by atoms with Gasteiger partial charge in [-0.3, -0.25) is 4.57 Å². The Labute approximate surface area is 196 Å². The predicted molar refractivity (Wildman–Crippen MR) is 127 cm³/mol. The number of aromatic nitrogens is 3. The van der Waals surface area contributed by atoms with E-state index in [0.29, 0.717) is 18.1 Å². The van der Waals surface area contributed by atoms with Crippen molar-refractivity contribution < 1.29 is 17.5 Å². The summed E-state index contributed by atoms with van der Waals surface area (Å²) in [5, 5.41) is 15.5. The number of hydrogen-bond acceptors (Lipinski definition) is 8. The highest BCUT2D eigenvalue weighted by molar-refractivity contribution is 7.89. The molecule has 0 unspecified atom stereocenters. The molecule has 0 saturated heterocycles. The van der Waals surface area contributed by atoms with Crippen molar-refractivity contribution in [1.29, 1.82) is 0 Å². The molecule has 0 amide bonds. The lowest BCUT2D eigenvalue weighted by Gasteiger charge is -2.43. The molecule has 1 spiro atoms. The van der Waals surface area contributed by atoms with E-state index in [0.717, 1.165) is 49.4 Å². The summed E-state index contributed by atoms with van der Waals surface area (Å²) in [7, 11) is -2.36. The van der Waals surface area contributed by atoms with Crippen LogP contribution in [0.1, 0.15) is 39.0 Å². The number of benzene rings is 1. The number of rotatable bonds is 4. The second kappa shape index (κ2) is 8.20. The molecule has 1 saturated carbocycles. The normalized spacial score (nSPS) is 17.5. The van der Waals surface area contributed by atoms with Gasteiger partial charge in [-0.2, -0.15) is 4.98 Å². The van der Waals surface area contributed by atoms with Crippen LogP contribution in [0, 0.1) is 5.82 Å². The Bertz CT molecular complexity index is 1400. The van der Waals surface area contributed by atoms with E-state index in [1.807, 2.05) is 18.0 Å². The fraction of sp³-hybridized carbons (Fsp3) is 0.409. The predicted octanol–water partition coefficient (Wildman–Crippen LogP) is 3.42. The third-order valence-corrected chi connectivity index (χ3v) is 7.42. The lowest BCUT2D eigenvalue weighted by Crippen LogP contribution is -2.49. The highest BCUT2D eigenvalue weighted by Gasteiger charge is 2.46. The summed E-state index contributed by atoms with van der Waals surface area (Å²) in [6.45, 7) is 2.67. The second-order valence-corrected chi connectivity index (χ2v) is 10.1. The largest absolute Gasteiger partial charge is 0.481 e. The third-order valence-electron chi connectivity index (χ3n) is 6.51. The Kier molecular flexibility index (Phi) is 5.44. The first-order chi connectivity index (χ1) is 16.3. The zero-order valence-corrected chi connectivity index (χ0v) is 19.8. The standard InChI is InChI=1S/C22H26FN7O3S/c1-3-29-18-11-14-13-25-21(26-17-8-7-15(12-16(17)23)34(24,31)32)27-19(14)30(18)22(20(28-29)33-2)9-5-4-6-10-22/h7-8,11-13H,3-6,9-10H2,1-2H3,(H2,24,31,32)(H,25,26,27). The smallest absolute Gasteiger partial charge is 0.238 e. The molecular weight excluding hydrogens is 461 g/mol. The number of hydrazone groups is 1.